The van der Waals surface area contributed by atoms with Gasteiger partial charge in [-0.2, -0.15) is 0 Å². The first-order valence-corrected chi connectivity index (χ1v) is 9.62. The van der Waals surface area contributed by atoms with E-state index in [1.807, 2.05) is 24.3 Å². The molecule has 4 rings (SSSR count). The van der Waals surface area contributed by atoms with Crippen LogP contribution in [0.5, 0.6) is 5.75 Å². The first kappa shape index (κ1) is 18.3. The maximum atomic E-state index is 9.75. The highest BCUT2D eigenvalue weighted by Gasteiger charge is 2.24. The fourth-order valence-electron chi connectivity index (χ4n) is 3.53. The van der Waals surface area contributed by atoms with E-state index in [0.29, 0.717) is 27.1 Å². The van der Waals surface area contributed by atoms with Gasteiger partial charge in [-0.3, -0.25) is 0 Å². The topological polar surface area (TPSA) is 81.3 Å². The average Bonchev–Trinajstić information content (AvgIpc) is 2.66. The molecule has 0 saturated heterocycles. The largest absolute Gasteiger partial charge is 0.490 e. The summed E-state index contributed by atoms with van der Waals surface area (Å²) < 4.78 is 6.32. The van der Waals surface area contributed by atoms with Crippen LogP contribution in [0.15, 0.2) is 36.7 Å². The summed E-state index contributed by atoms with van der Waals surface area (Å²) in [6.45, 7) is 0. The van der Waals surface area contributed by atoms with Crippen molar-refractivity contribution in [1.29, 1.82) is 0 Å². The van der Waals surface area contributed by atoms with Crippen molar-refractivity contribution < 1.29 is 9.84 Å². The van der Waals surface area contributed by atoms with Gasteiger partial charge in [-0.1, -0.05) is 35.3 Å². The number of hydrogen-bond donors (Lipinski definition) is 2. The van der Waals surface area contributed by atoms with Crippen molar-refractivity contribution >= 4 is 39.9 Å². The molecule has 2 aromatic carbocycles. The molecule has 5 nitrogen and oxygen atoms in total. The maximum Gasteiger partial charge on any atom is 0.134 e. The zero-order chi connectivity index (χ0) is 19.0. The number of nitrogens with two attached hydrogens (primary N) is 1. The number of fused-ring (bicyclic) bond motifs is 1. The normalized spacial score (nSPS) is 20.0. The van der Waals surface area contributed by atoms with Crippen LogP contribution in [0.1, 0.15) is 25.7 Å². The molecule has 0 radical (unpaired) electrons. The van der Waals surface area contributed by atoms with E-state index in [1.54, 1.807) is 6.07 Å². The Morgan fingerprint density at radius 1 is 1.04 bits per heavy atom. The van der Waals surface area contributed by atoms with Crippen molar-refractivity contribution in [3.05, 3.63) is 46.7 Å². The van der Waals surface area contributed by atoms with E-state index in [9.17, 15) is 5.11 Å². The number of nitrogen functional groups attached to an aromatic ring is 1. The monoisotopic (exact) mass is 403 g/mol. The van der Waals surface area contributed by atoms with E-state index in [1.165, 1.54) is 6.33 Å². The van der Waals surface area contributed by atoms with Crippen molar-refractivity contribution in [2.75, 3.05) is 5.73 Å². The van der Waals surface area contributed by atoms with Gasteiger partial charge in [0.05, 0.1) is 33.3 Å². The highest BCUT2D eigenvalue weighted by atomic mass is 35.5. The fourth-order valence-corrected chi connectivity index (χ4v) is 3.92. The van der Waals surface area contributed by atoms with Crippen LogP contribution in [0, 0.1) is 0 Å². The molecule has 3 N–H and O–H groups in total. The standard InChI is InChI=1S/C20H19Cl2N3O2/c21-15-3-1-2-13(18(15)22)17-16(27-12-6-4-11(26)5-7-12)9-8-14-19(17)24-10-25-20(14)23/h1-3,8-12,26H,4-7H2,(H2,23,24,25). The van der Waals surface area contributed by atoms with Crippen LogP contribution in [0.3, 0.4) is 0 Å². The van der Waals surface area contributed by atoms with Gasteiger partial charge in [-0.05, 0) is 43.9 Å². The lowest BCUT2D eigenvalue weighted by Gasteiger charge is -2.27. The van der Waals surface area contributed by atoms with Crippen LogP contribution in [0.4, 0.5) is 5.82 Å². The zero-order valence-corrected chi connectivity index (χ0v) is 16.0. The third-order valence-electron chi connectivity index (χ3n) is 4.96. The van der Waals surface area contributed by atoms with Crippen molar-refractivity contribution in [3.8, 4) is 16.9 Å². The summed E-state index contributed by atoms with van der Waals surface area (Å²) in [7, 11) is 0. The SMILES string of the molecule is Nc1ncnc2c(-c3cccc(Cl)c3Cl)c(OC3CCC(O)CC3)ccc12. The Bertz CT molecular complexity index is 988. The highest BCUT2D eigenvalue weighted by molar-refractivity contribution is 6.44. The molecule has 1 heterocycles. The van der Waals surface area contributed by atoms with E-state index < -0.39 is 0 Å². The summed E-state index contributed by atoms with van der Waals surface area (Å²) >= 11 is 12.8. The van der Waals surface area contributed by atoms with Gasteiger partial charge in [0, 0.05) is 10.9 Å². The molecule has 3 aromatic rings. The molecule has 1 aromatic heterocycles. The second-order valence-electron chi connectivity index (χ2n) is 6.74. The predicted molar refractivity (Wildman–Crippen MR) is 108 cm³/mol. The molecule has 1 saturated carbocycles. The second kappa shape index (κ2) is 7.50. The molecular weight excluding hydrogens is 385 g/mol. The second-order valence-corrected chi connectivity index (χ2v) is 7.53. The lowest BCUT2D eigenvalue weighted by molar-refractivity contribution is 0.0669. The highest BCUT2D eigenvalue weighted by Crippen LogP contribution is 2.43. The number of hydrogen-bond acceptors (Lipinski definition) is 5. The van der Waals surface area contributed by atoms with Crippen molar-refractivity contribution in [2.45, 2.75) is 37.9 Å². The number of aliphatic hydroxyl groups excluding tert-OH is 1. The summed E-state index contributed by atoms with van der Waals surface area (Å²) in [4.78, 5) is 8.52. The third kappa shape index (κ3) is 3.55. The van der Waals surface area contributed by atoms with E-state index in [4.69, 9.17) is 33.7 Å². The zero-order valence-electron chi connectivity index (χ0n) is 14.5. The minimum atomic E-state index is -0.240. The Morgan fingerprint density at radius 3 is 2.59 bits per heavy atom. The Balaban J connectivity index is 1.87. The van der Waals surface area contributed by atoms with Gasteiger partial charge < -0.3 is 15.6 Å². The summed E-state index contributed by atoms with van der Waals surface area (Å²) in [5.74, 6) is 1.07. The van der Waals surface area contributed by atoms with Gasteiger partial charge in [0.15, 0.2) is 0 Å². The molecule has 0 aliphatic heterocycles. The van der Waals surface area contributed by atoms with Crippen molar-refractivity contribution in [2.24, 2.45) is 0 Å². The van der Waals surface area contributed by atoms with Crippen LogP contribution in [0.2, 0.25) is 10.0 Å². The van der Waals surface area contributed by atoms with E-state index in [2.05, 4.69) is 9.97 Å². The first-order valence-electron chi connectivity index (χ1n) is 8.87. The minimum absolute atomic E-state index is 0.0294. The van der Waals surface area contributed by atoms with Crippen molar-refractivity contribution in [1.82, 2.24) is 9.97 Å². The molecule has 7 heteroatoms. The molecule has 140 valence electrons. The molecule has 27 heavy (non-hydrogen) atoms. The number of anilines is 1. The van der Waals surface area contributed by atoms with Gasteiger partial charge >= 0.3 is 0 Å². The van der Waals surface area contributed by atoms with Crippen LogP contribution < -0.4 is 10.5 Å². The molecule has 0 amide bonds. The smallest absolute Gasteiger partial charge is 0.134 e. The van der Waals surface area contributed by atoms with E-state index in [0.717, 1.165) is 42.2 Å². The number of rotatable bonds is 3. The Labute approximate surface area is 167 Å². The summed E-state index contributed by atoms with van der Waals surface area (Å²) in [6.07, 6.45) is 4.29. The number of nitrogens with zero attached hydrogens (tertiary/aromatic N) is 2. The van der Waals surface area contributed by atoms with Crippen LogP contribution in [-0.2, 0) is 0 Å². The fraction of sp³-hybridized carbons (Fsp3) is 0.300. The number of halogens is 2. The number of ether oxygens (including phenoxy) is 1. The molecule has 0 spiro atoms. The minimum Gasteiger partial charge on any atom is -0.490 e. The molecule has 1 fully saturated rings. The van der Waals surface area contributed by atoms with Gasteiger partial charge in [0.2, 0.25) is 0 Å². The Kier molecular flexibility index (Phi) is 5.08. The molecule has 1 aliphatic carbocycles. The van der Waals surface area contributed by atoms with Gasteiger partial charge in [0.25, 0.3) is 0 Å². The average molecular weight is 404 g/mol. The van der Waals surface area contributed by atoms with Gasteiger partial charge in [-0.25, -0.2) is 9.97 Å². The summed E-state index contributed by atoms with van der Waals surface area (Å²) in [6, 6.07) is 9.21. The number of aliphatic hydroxyl groups is 1. The molecule has 1 aliphatic rings. The van der Waals surface area contributed by atoms with E-state index in [-0.39, 0.29) is 12.2 Å². The predicted octanol–water partition coefficient (Wildman–Crippen LogP) is 4.87. The summed E-state index contributed by atoms with van der Waals surface area (Å²) in [5, 5.41) is 11.4. The molecular formula is C20H19Cl2N3O2. The Hall–Kier alpha value is -2.08. The Morgan fingerprint density at radius 2 is 1.81 bits per heavy atom. The lowest BCUT2D eigenvalue weighted by atomic mass is 9.94. The number of aromatic nitrogens is 2. The molecule has 0 bridgehead atoms. The van der Waals surface area contributed by atoms with E-state index >= 15 is 0 Å². The summed E-state index contributed by atoms with van der Waals surface area (Å²) in [5.41, 5.74) is 8.19. The van der Waals surface area contributed by atoms with Crippen LogP contribution in [0.25, 0.3) is 22.0 Å². The van der Waals surface area contributed by atoms with Gasteiger partial charge in [-0.15, -0.1) is 0 Å². The quantitative estimate of drug-likeness (QED) is 0.651. The van der Waals surface area contributed by atoms with Crippen molar-refractivity contribution in [3.63, 3.8) is 0 Å². The van der Waals surface area contributed by atoms with Crippen LogP contribution in [-0.4, -0.2) is 27.3 Å². The lowest BCUT2D eigenvalue weighted by Crippen LogP contribution is -2.26. The molecule has 0 atom stereocenters. The number of benzene rings is 2. The van der Waals surface area contributed by atoms with Crippen LogP contribution >= 0.6 is 23.2 Å². The van der Waals surface area contributed by atoms with Gasteiger partial charge in [0.1, 0.15) is 17.9 Å². The third-order valence-corrected chi connectivity index (χ3v) is 5.78. The maximum absolute atomic E-state index is 9.75. The molecule has 0 unspecified atom stereocenters. The first-order chi connectivity index (χ1) is 13.0.